The monoisotopic (exact) mass is 269 g/mol. The van der Waals surface area contributed by atoms with Crippen molar-refractivity contribution in [3.63, 3.8) is 0 Å². The maximum atomic E-state index is 11.6. The summed E-state index contributed by atoms with van der Waals surface area (Å²) < 4.78 is 5.52. The van der Waals surface area contributed by atoms with E-state index in [-0.39, 0.29) is 0 Å². The molecule has 1 heterocycles. The molecule has 0 aromatic carbocycles. The van der Waals surface area contributed by atoms with E-state index in [1.165, 1.54) is 12.8 Å². The lowest BCUT2D eigenvalue weighted by Gasteiger charge is -2.48. The third-order valence-electron chi connectivity index (χ3n) is 5.31. The molecule has 1 aliphatic carbocycles. The molecule has 0 aromatic rings. The molecule has 1 unspecified atom stereocenters. The van der Waals surface area contributed by atoms with Crippen LogP contribution in [0, 0.1) is 5.41 Å². The van der Waals surface area contributed by atoms with Crippen LogP contribution >= 0.6 is 0 Å². The predicted octanol–water partition coefficient (Wildman–Crippen LogP) is 2.52. The van der Waals surface area contributed by atoms with Crippen LogP contribution in [0.5, 0.6) is 0 Å². The van der Waals surface area contributed by atoms with Gasteiger partial charge in [0.15, 0.2) is 0 Å². The molecule has 4 nitrogen and oxygen atoms in total. The van der Waals surface area contributed by atoms with Crippen molar-refractivity contribution in [1.82, 2.24) is 4.90 Å². The van der Waals surface area contributed by atoms with Gasteiger partial charge in [0, 0.05) is 19.3 Å². The summed E-state index contributed by atoms with van der Waals surface area (Å²) in [4.78, 5) is 13.8. The topological polar surface area (TPSA) is 49.8 Å². The molecule has 19 heavy (non-hydrogen) atoms. The largest absolute Gasteiger partial charge is 0.480 e. The second-order valence-electron chi connectivity index (χ2n) is 6.53. The van der Waals surface area contributed by atoms with Gasteiger partial charge in [-0.2, -0.15) is 0 Å². The molecule has 4 heteroatoms. The average molecular weight is 269 g/mol. The Morgan fingerprint density at radius 3 is 2.53 bits per heavy atom. The Morgan fingerprint density at radius 2 is 2.00 bits per heavy atom. The summed E-state index contributed by atoms with van der Waals surface area (Å²) in [6.07, 6.45) is 5.75. The number of carboxylic acids is 1. The van der Waals surface area contributed by atoms with Crippen molar-refractivity contribution in [1.29, 1.82) is 0 Å². The number of hydrogen-bond acceptors (Lipinski definition) is 3. The molecule has 1 spiro atoms. The molecule has 0 amide bonds. The number of carbonyl (C=O) groups is 1. The number of ether oxygens (including phenoxy) is 1. The molecule has 2 fully saturated rings. The summed E-state index contributed by atoms with van der Waals surface area (Å²) in [5, 5.41) is 9.52. The first kappa shape index (κ1) is 14.8. The van der Waals surface area contributed by atoms with Gasteiger partial charge >= 0.3 is 5.97 Å². The van der Waals surface area contributed by atoms with Gasteiger partial charge in [0.25, 0.3) is 0 Å². The Morgan fingerprint density at radius 1 is 1.37 bits per heavy atom. The summed E-state index contributed by atoms with van der Waals surface area (Å²) in [5.41, 5.74) is -0.490. The highest BCUT2D eigenvalue weighted by Gasteiger charge is 2.50. The van der Waals surface area contributed by atoms with Crippen molar-refractivity contribution in [2.24, 2.45) is 5.41 Å². The molecule has 0 aromatic heterocycles. The molecule has 2 rings (SSSR count). The van der Waals surface area contributed by atoms with Gasteiger partial charge in [0.05, 0.1) is 0 Å². The fourth-order valence-corrected chi connectivity index (χ4v) is 4.10. The molecule has 1 saturated heterocycles. The second kappa shape index (κ2) is 5.41. The lowest BCUT2D eigenvalue weighted by atomic mass is 9.74. The Hall–Kier alpha value is -0.610. The SMILES string of the molecule is CCN(C1CCCC12CCOCC2)C(C)(C)C(=O)O. The molecule has 1 saturated carbocycles. The van der Waals surface area contributed by atoms with Gasteiger partial charge in [-0.25, -0.2) is 0 Å². The number of likely N-dealkylation sites (N-methyl/N-ethyl adjacent to an activating group) is 1. The lowest BCUT2D eigenvalue weighted by molar-refractivity contribution is -0.154. The summed E-state index contributed by atoms with van der Waals surface area (Å²) in [6.45, 7) is 8.22. The van der Waals surface area contributed by atoms with Gasteiger partial charge in [0.1, 0.15) is 5.54 Å². The third kappa shape index (κ3) is 2.52. The van der Waals surface area contributed by atoms with E-state index >= 15 is 0 Å². The summed E-state index contributed by atoms with van der Waals surface area (Å²) in [6, 6.07) is 0.396. The van der Waals surface area contributed by atoms with Crippen molar-refractivity contribution in [3.8, 4) is 0 Å². The zero-order chi connectivity index (χ0) is 14.1. The van der Waals surface area contributed by atoms with Crippen molar-refractivity contribution in [2.45, 2.75) is 64.5 Å². The van der Waals surface area contributed by atoms with Crippen LogP contribution < -0.4 is 0 Å². The molecule has 2 aliphatic rings. The Bertz CT molecular complexity index is 334. The zero-order valence-electron chi connectivity index (χ0n) is 12.4. The average Bonchev–Trinajstić information content (AvgIpc) is 2.74. The van der Waals surface area contributed by atoms with Crippen LogP contribution in [0.1, 0.15) is 52.9 Å². The van der Waals surface area contributed by atoms with Gasteiger partial charge in [0.2, 0.25) is 0 Å². The third-order valence-corrected chi connectivity index (χ3v) is 5.31. The first-order chi connectivity index (χ1) is 8.94. The molecule has 110 valence electrons. The van der Waals surface area contributed by atoms with Crippen molar-refractivity contribution >= 4 is 5.97 Å². The van der Waals surface area contributed by atoms with Gasteiger partial charge in [-0.15, -0.1) is 0 Å². The zero-order valence-corrected chi connectivity index (χ0v) is 12.4. The lowest BCUT2D eigenvalue weighted by Crippen LogP contribution is -2.58. The fraction of sp³-hybridized carbons (Fsp3) is 0.933. The molecule has 1 N–H and O–H groups in total. The summed E-state index contributed by atoms with van der Waals surface area (Å²) >= 11 is 0. The van der Waals surface area contributed by atoms with Gasteiger partial charge in [-0.3, -0.25) is 9.69 Å². The number of nitrogens with zero attached hydrogens (tertiary/aromatic N) is 1. The van der Waals surface area contributed by atoms with Crippen molar-refractivity contribution < 1.29 is 14.6 Å². The minimum Gasteiger partial charge on any atom is -0.480 e. The van der Waals surface area contributed by atoms with Gasteiger partial charge in [-0.1, -0.05) is 13.3 Å². The van der Waals surface area contributed by atoms with Crippen LogP contribution in [-0.2, 0) is 9.53 Å². The van der Waals surface area contributed by atoms with Crippen LogP contribution in [0.25, 0.3) is 0 Å². The highest BCUT2D eigenvalue weighted by atomic mass is 16.5. The van der Waals surface area contributed by atoms with E-state index < -0.39 is 11.5 Å². The van der Waals surface area contributed by atoms with E-state index in [1.54, 1.807) is 0 Å². The van der Waals surface area contributed by atoms with Gasteiger partial charge < -0.3 is 9.84 Å². The first-order valence-electron chi connectivity index (χ1n) is 7.52. The molecular weight excluding hydrogens is 242 g/mol. The van der Waals surface area contributed by atoms with Crippen LogP contribution in [-0.4, -0.2) is 47.3 Å². The summed E-state index contributed by atoms with van der Waals surface area (Å²) in [7, 11) is 0. The summed E-state index contributed by atoms with van der Waals surface area (Å²) in [5.74, 6) is -0.719. The predicted molar refractivity (Wildman–Crippen MR) is 74.2 cm³/mol. The smallest absolute Gasteiger partial charge is 0.323 e. The molecular formula is C15H27NO3. The number of aliphatic carboxylic acids is 1. The standard InChI is InChI=1S/C15H27NO3/c1-4-16(14(2,3)13(17)18)12-6-5-7-15(12)8-10-19-11-9-15/h12H,4-11H2,1-3H3,(H,17,18). The van der Waals surface area contributed by atoms with Crippen LogP contribution in [0.2, 0.25) is 0 Å². The van der Waals surface area contributed by atoms with E-state index in [9.17, 15) is 9.90 Å². The van der Waals surface area contributed by atoms with E-state index in [0.717, 1.165) is 39.0 Å². The van der Waals surface area contributed by atoms with E-state index in [0.29, 0.717) is 11.5 Å². The van der Waals surface area contributed by atoms with Gasteiger partial charge in [-0.05, 0) is 51.5 Å². The van der Waals surface area contributed by atoms with Crippen molar-refractivity contribution in [2.75, 3.05) is 19.8 Å². The molecule has 1 aliphatic heterocycles. The van der Waals surface area contributed by atoms with E-state index in [4.69, 9.17) is 4.74 Å². The second-order valence-corrected chi connectivity index (χ2v) is 6.53. The van der Waals surface area contributed by atoms with Crippen molar-refractivity contribution in [3.05, 3.63) is 0 Å². The van der Waals surface area contributed by atoms with E-state index in [1.807, 2.05) is 13.8 Å². The molecule has 0 radical (unpaired) electrons. The number of carboxylic acid groups (broad SMARTS) is 1. The highest BCUT2D eigenvalue weighted by Crippen LogP contribution is 2.49. The Kier molecular flexibility index (Phi) is 4.21. The maximum absolute atomic E-state index is 11.6. The molecule has 0 bridgehead atoms. The number of hydrogen-bond donors (Lipinski definition) is 1. The Balaban J connectivity index is 2.24. The highest BCUT2D eigenvalue weighted by molar-refractivity contribution is 5.77. The van der Waals surface area contributed by atoms with Crippen LogP contribution in [0.15, 0.2) is 0 Å². The Labute approximate surface area is 116 Å². The maximum Gasteiger partial charge on any atom is 0.323 e. The van der Waals surface area contributed by atoms with E-state index in [2.05, 4.69) is 11.8 Å². The first-order valence-corrected chi connectivity index (χ1v) is 7.52. The quantitative estimate of drug-likeness (QED) is 0.852. The number of rotatable bonds is 4. The minimum absolute atomic E-state index is 0.293. The van der Waals surface area contributed by atoms with Crippen LogP contribution in [0.3, 0.4) is 0 Å². The normalized spacial score (nSPS) is 27.1. The minimum atomic E-state index is -0.783. The fourth-order valence-electron chi connectivity index (χ4n) is 4.10. The molecule has 1 atom stereocenters. The van der Waals surface area contributed by atoms with Crippen LogP contribution in [0.4, 0.5) is 0 Å².